The number of rotatable bonds is 4. The summed E-state index contributed by atoms with van der Waals surface area (Å²) in [5, 5.41) is 16.4. The SMILES string of the molecule is CCC(C)NCc1nn2cnnc2s1. The topological polar surface area (TPSA) is 55.1 Å². The molecule has 1 unspecified atom stereocenters. The standard InChI is InChI=1S/C8H13N5S/c1-3-6(2)9-4-7-12-13-5-10-11-8(13)14-7/h5-6,9H,3-4H2,1-2H3. The van der Waals surface area contributed by atoms with Gasteiger partial charge in [-0.15, -0.1) is 10.2 Å². The third-order valence-electron chi connectivity index (χ3n) is 2.14. The van der Waals surface area contributed by atoms with E-state index in [0.717, 1.165) is 22.9 Å². The molecule has 0 aromatic carbocycles. The van der Waals surface area contributed by atoms with Crippen molar-refractivity contribution in [2.45, 2.75) is 32.9 Å². The Labute approximate surface area is 86.2 Å². The van der Waals surface area contributed by atoms with Crippen LogP contribution in [0.15, 0.2) is 6.33 Å². The van der Waals surface area contributed by atoms with Crippen LogP contribution >= 0.6 is 11.3 Å². The van der Waals surface area contributed by atoms with Crippen LogP contribution in [0.1, 0.15) is 25.3 Å². The van der Waals surface area contributed by atoms with Crippen LogP contribution < -0.4 is 5.32 Å². The Morgan fingerprint density at radius 2 is 2.50 bits per heavy atom. The first-order valence-corrected chi connectivity index (χ1v) is 5.50. The maximum atomic E-state index is 4.33. The maximum Gasteiger partial charge on any atom is 0.234 e. The molecule has 0 saturated heterocycles. The highest BCUT2D eigenvalue weighted by Crippen LogP contribution is 2.11. The molecule has 0 aliphatic heterocycles. The molecule has 0 bridgehead atoms. The minimum atomic E-state index is 0.532. The normalized spacial score (nSPS) is 13.6. The molecule has 2 rings (SSSR count). The summed E-state index contributed by atoms with van der Waals surface area (Å²) in [6.45, 7) is 5.14. The Bertz CT molecular complexity index is 378. The van der Waals surface area contributed by atoms with E-state index in [1.54, 1.807) is 22.2 Å². The van der Waals surface area contributed by atoms with Crippen molar-refractivity contribution in [1.82, 2.24) is 25.1 Å². The number of nitrogens with one attached hydrogen (secondary N) is 1. The second kappa shape index (κ2) is 4.02. The monoisotopic (exact) mass is 211 g/mol. The van der Waals surface area contributed by atoms with Crippen molar-refractivity contribution in [2.24, 2.45) is 0 Å². The van der Waals surface area contributed by atoms with Crippen LogP contribution in [0.2, 0.25) is 0 Å². The molecule has 0 amide bonds. The highest BCUT2D eigenvalue weighted by Gasteiger charge is 2.05. The third-order valence-corrected chi connectivity index (χ3v) is 3.06. The number of aromatic nitrogens is 4. The average molecular weight is 211 g/mol. The van der Waals surface area contributed by atoms with Gasteiger partial charge < -0.3 is 5.32 Å². The van der Waals surface area contributed by atoms with Gasteiger partial charge in [0.2, 0.25) is 4.96 Å². The van der Waals surface area contributed by atoms with Gasteiger partial charge in [-0.1, -0.05) is 18.3 Å². The lowest BCUT2D eigenvalue weighted by Gasteiger charge is -2.08. The van der Waals surface area contributed by atoms with Crippen LogP contribution in [0.3, 0.4) is 0 Å². The van der Waals surface area contributed by atoms with Crippen LogP contribution in [0, 0.1) is 0 Å². The highest BCUT2D eigenvalue weighted by atomic mass is 32.1. The van der Waals surface area contributed by atoms with E-state index in [1.165, 1.54) is 0 Å². The molecule has 0 spiro atoms. The lowest BCUT2D eigenvalue weighted by molar-refractivity contribution is 0.530. The van der Waals surface area contributed by atoms with E-state index >= 15 is 0 Å². The highest BCUT2D eigenvalue weighted by molar-refractivity contribution is 7.16. The van der Waals surface area contributed by atoms with Crippen molar-refractivity contribution >= 4 is 16.3 Å². The summed E-state index contributed by atoms with van der Waals surface area (Å²) in [6, 6.07) is 0.532. The Balaban J connectivity index is 2.01. The predicted molar refractivity (Wildman–Crippen MR) is 55.3 cm³/mol. The molecule has 0 saturated carbocycles. The summed E-state index contributed by atoms with van der Waals surface area (Å²) < 4.78 is 1.71. The molecule has 2 heterocycles. The number of nitrogens with zero attached hydrogens (tertiary/aromatic N) is 4. The number of hydrogen-bond donors (Lipinski definition) is 1. The van der Waals surface area contributed by atoms with Gasteiger partial charge in [-0.05, 0) is 13.3 Å². The molecule has 2 aromatic heterocycles. The Morgan fingerprint density at radius 1 is 1.64 bits per heavy atom. The molecule has 0 aliphatic rings. The van der Waals surface area contributed by atoms with E-state index in [1.807, 2.05) is 0 Å². The largest absolute Gasteiger partial charge is 0.308 e. The van der Waals surface area contributed by atoms with E-state index in [2.05, 4.69) is 34.5 Å². The van der Waals surface area contributed by atoms with Crippen LogP contribution in [0.5, 0.6) is 0 Å². The van der Waals surface area contributed by atoms with E-state index in [4.69, 9.17) is 0 Å². The van der Waals surface area contributed by atoms with Gasteiger partial charge in [-0.25, -0.2) is 0 Å². The Morgan fingerprint density at radius 3 is 3.21 bits per heavy atom. The minimum Gasteiger partial charge on any atom is -0.308 e. The zero-order valence-electron chi connectivity index (χ0n) is 8.27. The van der Waals surface area contributed by atoms with Gasteiger partial charge in [-0.3, -0.25) is 0 Å². The maximum absolute atomic E-state index is 4.33. The molecule has 6 heteroatoms. The molecule has 76 valence electrons. The molecule has 0 fully saturated rings. The molecule has 1 atom stereocenters. The van der Waals surface area contributed by atoms with Gasteiger partial charge in [0.25, 0.3) is 0 Å². The summed E-state index contributed by atoms with van der Waals surface area (Å²) in [5.41, 5.74) is 0. The first-order chi connectivity index (χ1) is 6.79. The summed E-state index contributed by atoms with van der Waals surface area (Å²) in [4.78, 5) is 0.853. The molecule has 1 N–H and O–H groups in total. The lowest BCUT2D eigenvalue weighted by atomic mass is 10.3. The van der Waals surface area contributed by atoms with Crippen LogP contribution in [0.25, 0.3) is 4.96 Å². The van der Waals surface area contributed by atoms with E-state index in [9.17, 15) is 0 Å². The molecule has 0 aliphatic carbocycles. The third kappa shape index (κ3) is 1.91. The quantitative estimate of drug-likeness (QED) is 0.822. The fraction of sp³-hybridized carbons (Fsp3) is 0.625. The molecule has 0 radical (unpaired) electrons. The number of fused-ring (bicyclic) bond motifs is 1. The van der Waals surface area contributed by atoms with Crippen LogP contribution in [-0.2, 0) is 6.54 Å². The van der Waals surface area contributed by atoms with Gasteiger partial charge >= 0.3 is 0 Å². The Hall–Kier alpha value is -1.01. The van der Waals surface area contributed by atoms with Crippen LogP contribution in [0.4, 0.5) is 0 Å². The average Bonchev–Trinajstić information content (AvgIpc) is 2.73. The fourth-order valence-corrected chi connectivity index (χ4v) is 1.84. The fourth-order valence-electron chi connectivity index (χ4n) is 1.08. The molecular weight excluding hydrogens is 198 g/mol. The zero-order chi connectivity index (χ0) is 9.97. The summed E-state index contributed by atoms with van der Waals surface area (Å²) in [7, 11) is 0. The van der Waals surface area contributed by atoms with Crippen LogP contribution in [-0.4, -0.2) is 25.9 Å². The van der Waals surface area contributed by atoms with E-state index in [0.29, 0.717) is 6.04 Å². The second-order valence-electron chi connectivity index (χ2n) is 3.24. The minimum absolute atomic E-state index is 0.532. The van der Waals surface area contributed by atoms with Crippen molar-refractivity contribution in [3.63, 3.8) is 0 Å². The second-order valence-corrected chi connectivity index (χ2v) is 4.28. The van der Waals surface area contributed by atoms with Crippen molar-refractivity contribution in [2.75, 3.05) is 0 Å². The summed E-state index contributed by atoms with van der Waals surface area (Å²) in [5.74, 6) is 0. The van der Waals surface area contributed by atoms with Gasteiger partial charge in [0, 0.05) is 12.6 Å². The van der Waals surface area contributed by atoms with Crippen molar-refractivity contribution in [1.29, 1.82) is 0 Å². The summed E-state index contributed by atoms with van der Waals surface area (Å²) in [6.07, 6.45) is 2.75. The zero-order valence-corrected chi connectivity index (χ0v) is 9.08. The first kappa shape index (κ1) is 9.54. The molecule has 2 aromatic rings. The predicted octanol–water partition coefficient (Wildman–Crippen LogP) is 1.07. The molecular formula is C8H13N5S. The molecule has 14 heavy (non-hydrogen) atoms. The smallest absolute Gasteiger partial charge is 0.234 e. The summed E-state index contributed by atoms with van der Waals surface area (Å²) >= 11 is 1.57. The Kier molecular flexibility index (Phi) is 2.74. The van der Waals surface area contributed by atoms with E-state index < -0.39 is 0 Å². The van der Waals surface area contributed by atoms with Crippen molar-refractivity contribution in [3.8, 4) is 0 Å². The van der Waals surface area contributed by atoms with Gasteiger partial charge in [0.1, 0.15) is 11.3 Å². The van der Waals surface area contributed by atoms with Crippen molar-refractivity contribution in [3.05, 3.63) is 11.3 Å². The van der Waals surface area contributed by atoms with Gasteiger partial charge in [-0.2, -0.15) is 9.61 Å². The van der Waals surface area contributed by atoms with Crippen molar-refractivity contribution < 1.29 is 0 Å². The lowest BCUT2D eigenvalue weighted by Crippen LogP contribution is -2.24. The van der Waals surface area contributed by atoms with Gasteiger partial charge in [0.15, 0.2) is 0 Å². The number of hydrogen-bond acceptors (Lipinski definition) is 5. The molecule has 5 nitrogen and oxygen atoms in total. The van der Waals surface area contributed by atoms with Gasteiger partial charge in [0.05, 0.1) is 0 Å². The van der Waals surface area contributed by atoms with E-state index in [-0.39, 0.29) is 0 Å². The first-order valence-electron chi connectivity index (χ1n) is 4.68.